The zero-order valence-corrected chi connectivity index (χ0v) is 8.49. The first-order valence-corrected chi connectivity index (χ1v) is 4.75. The molecular weight excluding hydrogens is 194 g/mol. The first-order valence-electron chi connectivity index (χ1n) is 4.75. The molecule has 2 rings (SSSR count). The van der Waals surface area contributed by atoms with Crippen molar-refractivity contribution in [1.29, 1.82) is 0 Å². The fraction of sp³-hybridized carbons (Fsp3) is 0.364. The molecule has 1 aromatic rings. The number of anilines is 1. The number of nitrogens with one attached hydrogen (secondary N) is 1. The van der Waals surface area contributed by atoms with Gasteiger partial charge in [-0.1, -0.05) is 18.2 Å². The summed E-state index contributed by atoms with van der Waals surface area (Å²) < 4.78 is 5.03. The Labute approximate surface area is 87.9 Å². The Morgan fingerprint density at radius 2 is 2.20 bits per heavy atom. The molecule has 0 fully saturated rings. The summed E-state index contributed by atoms with van der Waals surface area (Å²) in [6, 6.07) is 7.35. The maximum absolute atomic E-state index is 11.8. The van der Waals surface area contributed by atoms with Crippen LogP contribution < -0.4 is 5.32 Å². The lowest BCUT2D eigenvalue weighted by atomic mass is 9.83. The molecule has 0 radical (unpaired) electrons. The summed E-state index contributed by atoms with van der Waals surface area (Å²) in [4.78, 5) is 11.8. The second-order valence-electron chi connectivity index (χ2n) is 3.67. The number of hydrogen-bond donors (Lipinski definition) is 2. The molecule has 1 aliphatic rings. The lowest BCUT2D eigenvalue weighted by Crippen LogP contribution is -2.42. The van der Waals surface area contributed by atoms with Crippen LogP contribution in [0.2, 0.25) is 0 Å². The molecule has 4 heteroatoms. The molecule has 0 aliphatic carbocycles. The first-order chi connectivity index (χ1) is 7.24. The zero-order chi connectivity index (χ0) is 10.9. The minimum Gasteiger partial charge on any atom is -0.395 e. The van der Waals surface area contributed by atoms with Crippen molar-refractivity contribution >= 4 is 11.6 Å². The fourth-order valence-electron chi connectivity index (χ4n) is 1.97. The van der Waals surface area contributed by atoms with E-state index >= 15 is 0 Å². The summed E-state index contributed by atoms with van der Waals surface area (Å²) in [5.74, 6) is -0.201. The van der Waals surface area contributed by atoms with Crippen LogP contribution >= 0.6 is 0 Å². The number of para-hydroxylation sites is 1. The van der Waals surface area contributed by atoms with Crippen LogP contribution in [-0.2, 0) is 14.9 Å². The molecule has 2 N–H and O–H groups in total. The second kappa shape index (κ2) is 3.64. The SMILES string of the molecule is COCC1(CO)C(=O)Nc2ccccc21. The Balaban J connectivity index is 2.51. The topological polar surface area (TPSA) is 58.6 Å². The van der Waals surface area contributed by atoms with Crippen LogP contribution in [0.25, 0.3) is 0 Å². The van der Waals surface area contributed by atoms with E-state index in [1.165, 1.54) is 7.11 Å². The van der Waals surface area contributed by atoms with Gasteiger partial charge in [0.15, 0.2) is 0 Å². The van der Waals surface area contributed by atoms with Crippen molar-refractivity contribution in [3.63, 3.8) is 0 Å². The second-order valence-corrected chi connectivity index (χ2v) is 3.67. The molecule has 4 nitrogen and oxygen atoms in total. The third-order valence-electron chi connectivity index (χ3n) is 2.79. The number of ether oxygens (including phenoxy) is 1. The van der Waals surface area contributed by atoms with Gasteiger partial charge in [0.2, 0.25) is 5.91 Å². The number of methoxy groups -OCH3 is 1. The molecule has 1 amide bonds. The summed E-state index contributed by atoms with van der Waals surface area (Å²) in [6.45, 7) is -0.0595. The van der Waals surface area contributed by atoms with E-state index < -0.39 is 5.41 Å². The number of amides is 1. The predicted octanol–water partition coefficient (Wildman–Crippen LogP) is 0.515. The van der Waals surface area contributed by atoms with Gasteiger partial charge in [-0.15, -0.1) is 0 Å². The first kappa shape index (κ1) is 10.1. The average Bonchev–Trinajstić information content (AvgIpc) is 2.53. The number of fused-ring (bicyclic) bond motifs is 1. The Morgan fingerprint density at radius 1 is 1.47 bits per heavy atom. The van der Waals surface area contributed by atoms with Gasteiger partial charge < -0.3 is 15.2 Å². The summed E-state index contributed by atoms with van der Waals surface area (Å²) in [5, 5.41) is 12.2. The summed E-state index contributed by atoms with van der Waals surface area (Å²) in [7, 11) is 1.52. The van der Waals surface area contributed by atoms with Gasteiger partial charge in [0.25, 0.3) is 0 Å². The zero-order valence-electron chi connectivity index (χ0n) is 8.49. The van der Waals surface area contributed by atoms with Crippen LogP contribution in [0.4, 0.5) is 5.69 Å². The van der Waals surface area contributed by atoms with Gasteiger partial charge in [0, 0.05) is 12.8 Å². The molecule has 1 unspecified atom stereocenters. The van der Waals surface area contributed by atoms with Gasteiger partial charge in [-0.25, -0.2) is 0 Å². The van der Waals surface area contributed by atoms with E-state index in [1.807, 2.05) is 24.3 Å². The molecule has 1 aromatic carbocycles. The maximum atomic E-state index is 11.8. The van der Waals surface area contributed by atoms with Gasteiger partial charge >= 0.3 is 0 Å². The Kier molecular flexibility index (Phi) is 2.46. The average molecular weight is 207 g/mol. The third-order valence-corrected chi connectivity index (χ3v) is 2.79. The van der Waals surface area contributed by atoms with E-state index in [1.54, 1.807) is 0 Å². The number of carbonyl (C=O) groups excluding carboxylic acids is 1. The van der Waals surface area contributed by atoms with Crippen molar-refractivity contribution in [3.8, 4) is 0 Å². The molecule has 1 atom stereocenters. The molecule has 0 spiro atoms. The van der Waals surface area contributed by atoms with E-state index in [0.29, 0.717) is 0 Å². The molecule has 0 saturated carbocycles. The number of aliphatic hydroxyl groups is 1. The van der Waals surface area contributed by atoms with Crippen LogP contribution in [0.15, 0.2) is 24.3 Å². The van der Waals surface area contributed by atoms with Gasteiger partial charge in [-0.2, -0.15) is 0 Å². The van der Waals surface area contributed by atoms with Gasteiger partial charge in [-0.3, -0.25) is 4.79 Å². The standard InChI is InChI=1S/C11H13NO3/c1-15-7-11(6-13)8-4-2-3-5-9(8)12-10(11)14/h2-5,13H,6-7H2,1H3,(H,12,14). The largest absolute Gasteiger partial charge is 0.395 e. The van der Waals surface area contributed by atoms with Crippen molar-refractivity contribution in [2.75, 3.05) is 25.6 Å². The highest BCUT2D eigenvalue weighted by molar-refractivity contribution is 6.06. The normalized spacial score (nSPS) is 23.7. The van der Waals surface area contributed by atoms with Crippen LogP contribution in [-0.4, -0.2) is 31.3 Å². The molecule has 0 bridgehead atoms. The highest BCUT2D eigenvalue weighted by Crippen LogP contribution is 2.37. The minimum atomic E-state index is -0.939. The molecule has 0 aromatic heterocycles. The molecule has 1 aliphatic heterocycles. The van der Waals surface area contributed by atoms with Crippen molar-refractivity contribution in [2.45, 2.75) is 5.41 Å². The van der Waals surface area contributed by atoms with Gasteiger partial charge in [0.05, 0.1) is 13.2 Å². The number of rotatable bonds is 3. The molecule has 80 valence electrons. The van der Waals surface area contributed by atoms with Gasteiger partial charge in [0.1, 0.15) is 5.41 Å². The van der Waals surface area contributed by atoms with E-state index in [-0.39, 0.29) is 19.1 Å². The summed E-state index contributed by atoms with van der Waals surface area (Å²) >= 11 is 0. The van der Waals surface area contributed by atoms with Crippen LogP contribution in [0.5, 0.6) is 0 Å². The highest BCUT2D eigenvalue weighted by atomic mass is 16.5. The van der Waals surface area contributed by atoms with Crippen LogP contribution in [0.3, 0.4) is 0 Å². The molecule has 15 heavy (non-hydrogen) atoms. The Hall–Kier alpha value is -1.39. The van der Waals surface area contributed by atoms with Crippen molar-refractivity contribution in [3.05, 3.63) is 29.8 Å². The van der Waals surface area contributed by atoms with Crippen molar-refractivity contribution < 1.29 is 14.6 Å². The van der Waals surface area contributed by atoms with Crippen molar-refractivity contribution in [2.24, 2.45) is 0 Å². The summed E-state index contributed by atoms with van der Waals surface area (Å²) in [6.07, 6.45) is 0. The van der Waals surface area contributed by atoms with Gasteiger partial charge in [-0.05, 0) is 11.6 Å². The number of benzene rings is 1. The number of carbonyl (C=O) groups is 1. The Bertz CT molecular complexity index is 391. The van der Waals surface area contributed by atoms with E-state index in [0.717, 1.165) is 11.3 Å². The molecular formula is C11H13NO3. The monoisotopic (exact) mass is 207 g/mol. The Morgan fingerprint density at radius 3 is 2.87 bits per heavy atom. The number of hydrogen-bond acceptors (Lipinski definition) is 3. The van der Waals surface area contributed by atoms with Crippen molar-refractivity contribution in [1.82, 2.24) is 0 Å². The lowest BCUT2D eigenvalue weighted by Gasteiger charge is -2.23. The van der Waals surface area contributed by atoms with Crippen LogP contribution in [0, 0.1) is 0 Å². The lowest BCUT2D eigenvalue weighted by molar-refractivity contribution is -0.124. The molecule has 1 heterocycles. The van der Waals surface area contributed by atoms with Crippen LogP contribution in [0.1, 0.15) is 5.56 Å². The van der Waals surface area contributed by atoms with E-state index in [2.05, 4.69) is 5.32 Å². The minimum absolute atomic E-state index is 0.187. The van der Waals surface area contributed by atoms with E-state index in [9.17, 15) is 9.90 Å². The molecule has 0 saturated heterocycles. The van der Waals surface area contributed by atoms with E-state index in [4.69, 9.17) is 4.74 Å². The fourth-order valence-corrected chi connectivity index (χ4v) is 1.97. The summed E-state index contributed by atoms with van der Waals surface area (Å²) in [5.41, 5.74) is 0.624. The number of aliphatic hydroxyl groups excluding tert-OH is 1. The smallest absolute Gasteiger partial charge is 0.239 e. The third kappa shape index (κ3) is 1.33. The quantitative estimate of drug-likeness (QED) is 0.759. The predicted molar refractivity (Wildman–Crippen MR) is 55.7 cm³/mol. The maximum Gasteiger partial charge on any atom is 0.239 e. The highest BCUT2D eigenvalue weighted by Gasteiger charge is 2.46.